The van der Waals surface area contributed by atoms with Gasteiger partial charge in [0.1, 0.15) is 5.75 Å². The first kappa shape index (κ1) is 12.2. The van der Waals surface area contributed by atoms with Crippen LogP contribution >= 0.6 is 11.6 Å². The van der Waals surface area contributed by atoms with E-state index in [1.807, 2.05) is 6.92 Å². The summed E-state index contributed by atoms with van der Waals surface area (Å²) in [6.45, 7) is 4.20. The van der Waals surface area contributed by atoms with Crippen LogP contribution in [-0.2, 0) is 0 Å². The van der Waals surface area contributed by atoms with E-state index in [-0.39, 0.29) is 17.7 Å². The van der Waals surface area contributed by atoms with Crippen LogP contribution in [0.5, 0.6) is 5.75 Å². The molecular formula is C12H15ClN2O2. The van der Waals surface area contributed by atoms with Crippen molar-refractivity contribution in [3.8, 4) is 5.75 Å². The normalized spacial score (nSPS) is 15.4. The standard InChI is InChI=1S/C12H15ClN2O2/c1-2-15(8-6-14-7-8)12(17)10-5-9(16)3-4-11(10)13/h3-5,8,14,16H,2,6-7H2,1H3. The first-order chi connectivity index (χ1) is 8.13. The van der Waals surface area contributed by atoms with Crippen molar-refractivity contribution in [2.75, 3.05) is 19.6 Å². The number of halogens is 1. The predicted molar refractivity (Wildman–Crippen MR) is 66.5 cm³/mol. The summed E-state index contributed by atoms with van der Waals surface area (Å²) in [7, 11) is 0. The molecule has 0 radical (unpaired) electrons. The fourth-order valence-electron chi connectivity index (χ4n) is 1.89. The Morgan fingerprint density at radius 2 is 2.29 bits per heavy atom. The molecule has 0 saturated carbocycles. The van der Waals surface area contributed by atoms with Crippen molar-refractivity contribution in [3.63, 3.8) is 0 Å². The molecule has 0 unspecified atom stereocenters. The van der Waals surface area contributed by atoms with E-state index in [9.17, 15) is 9.90 Å². The Balaban J connectivity index is 2.25. The molecule has 0 spiro atoms. The second-order valence-corrected chi connectivity index (χ2v) is 4.47. The highest BCUT2D eigenvalue weighted by molar-refractivity contribution is 6.33. The fourth-order valence-corrected chi connectivity index (χ4v) is 2.09. The van der Waals surface area contributed by atoms with Crippen LogP contribution in [0.15, 0.2) is 18.2 Å². The molecule has 4 nitrogen and oxygen atoms in total. The molecule has 1 amide bonds. The SMILES string of the molecule is CCN(C(=O)c1cc(O)ccc1Cl)C1CNC1. The summed E-state index contributed by atoms with van der Waals surface area (Å²) in [5, 5.41) is 12.9. The molecule has 92 valence electrons. The zero-order valence-corrected chi connectivity index (χ0v) is 10.4. The van der Waals surface area contributed by atoms with E-state index >= 15 is 0 Å². The molecule has 2 N–H and O–H groups in total. The quantitative estimate of drug-likeness (QED) is 0.859. The van der Waals surface area contributed by atoms with Crippen LogP contribution in [-0.4, -0.2) is 41.6 Å². The average molecular weight is 255 g/mol. The first-order valence-electron chi connectivity index (χ1n) is 5.63. The van der Waals surface area contributed by atoms with Gasteiger partial charge in [0.25, 0.3) is 5.91 Å². The maximum absolute atomic E-state index is 12.3. The first-order valence-corrected chi connectivity index (χ1v) is 6.01. The molecule has 1 aliphatic heterocycles. The van der Waals surface area contributed by atoms with Crippen LogP contribution in [0.1, 0.15) is 17.3 Å². The van der Waals surface area contributed by atoms with Gasteiger partial charge in [-0.2, -0.15) is 0 Å². The molecule has 1 saturated heterocycles. The van der Waals surface area contributed by atoms with E-state index in [0.717, 1.165) is 13.1 Å². The Hall–Kier alpha value is -1.26. The third kappa shape index (κ3) is 2.37. The monoisotopic (exact) mass is 254 g/mol. The van der Waals surface area contributed by atoms with Gasteiger partial charge in [-0.1, -0.05) is 11.6 Å². The van der Waals surface area contributed by atoms with Crippen molar-refractivity contribution < 1.29 is 9.90 Å². The zero-order chi connectivity index (χ0) is 12.4. The van der Waals surface area contributed by atoms with E-state index in [1.54, 1.807) is 4.90 Å². The van der Waals surface area contributed by atoms with Crippen molar-refractivity contribution in [2.24, 2.45) is 0 Å². The second-order valence-electron chi connectivity index (χ2n) is 4.07. The van der Waals surface area contributed by atoms with E-state index in [0.29, 0.717) is 17.1 Å². The summed E-state index contributed by atoms with van der Waals surface area (Å²) in [6.07, 6.45) is 0. The van der Waals surface area contributed by atoms with Crippen LogP contribution in [0, 0.1) is 0 Å². The smallest absolute Gasteiger partial charge is 0.255 e. The minimum Gasteiger partial charge on any atom is -0.508 e. The van der Waals surface area contributed by atoms with Crippen molar-refractivity contribution in [1.82, 2.24) is 10.2 Å². The highest BCUT2D eigenvalue weighted by Gasteiger charge is 2.28. The number of carbonyl (C=O) groups is 1. The number of phenolic OH excluding ortho intramolecular Hbond substituents is 1. The number of nitrogens with one attached hydrogen (secondary N) is 1. The Morgan fingerprint density at radius 1 is 1.59 bits per heavy atom. The van der Waals surface area contributed by atoms with Gasteiger partial charge in [-0.25, -0.2) is 0 Å². The Labute approximate surface area is 105 Å². The maximum atomic E-state index is 12.3. The zero-order valence-electron chi connectivity index (χ0n) is 9.61. The molecule has 1 aliphatic rings. The van der Waals surface area contributed by atoms with Crippen molar-refractivity contribution in [3.05, 3.63) is 28.8 Å². The minimum absolute atomic E-state index is 0.0561. The number of hydrogen-bond donors (Lipinski definition) is 2. The molecule has 0 bridgehead atoms. The Morgan fingerprint density at radius 3 is 2.82 bits per heavy atom. The van der Waals surface area contributed by atoms with Crippen LogP contribution in [0.25, 0.3) is 0 Å². The van der Waals surface area contributed by atoms with Crippen molar-refractivity contribution in [2.45, 2.75) is 13.0 Å². The summed E-state index contributed by atoms with van der Waals surface area (Å²) < 4.78 is 0. The summed E-state index contributed by atoms with van der Waals surface area (Å²) in [4.78, 5) is 14.1. The predicted octanol–water partition coefficient (Wildman–Crippen LogP) is 1.48. The largest absolute Gasteiger partial charge is 0.508 e. The number of nitrogens with zero attached hydrogens (tertiary/aromatic N) is 1. The third-order valence-corrected chi connectivity index (χ3v) is 3.31. The van der Waals surface area contributed by atoms with E-state index < -0.39 is 0 Å². The maximum Gasteiger partial charge on any atom is 0.255 e. The molecule has 1 aromatic rings. The highest BCUT2D eigenvalue weighted by atomic mass is 35.5. The molecule has 2 rings (SSSR count). The highest BCUT2D eigenvalue weighted by Crippen LogP contribution is 2.23. The number of phenols is 1. The number of aromatic hydroxyl groups is 1. The average Bonchev–Trinajstić information content (AvgIpc) is 2.25. The number of hydrogen-bond acceptors (Lipinski definition) is 3. The van der Waals surface area contributed by atoms with Gasteiger partial charge in [-0.15, -0.1) is 0 Å². The van der Waals surface area contributed by atoms with E-state index in [1.165, 1.54) is 18.2 Å². The Kier molecular flexibility index (Phi) is 3.54. The van der Waals surface area contributed by atoms with Gasteiger partial charge in [0.05, 0.1) is 16.6 Å². The van der Waals surface area contributed by atoms with Crippen molar-refractivity contribution in [1.29, 1.82) is 0 Å². The van der Waals surface area contributed by atoms with Gasteiger partial charge < -0.3 is 15.3 Å². The summed E-state index contributed by atoms with van der Waals surface area (Å²) in [6, 6.07) is 4.65. The third-order valence-electron chi connectivity index (χ3n) is 2.98. The van der Waals surface area contributed by atoms with Gasteiger partial charge >= 0.3 is 0 Å². The van der Waals surface area contributed by atoms with Crippen LogP contribution in [0.4, 0.5) is 0 Å². The lowest BCUT2D eigenvalue weighted by Crippen LogP contribution is -2.58. The van der Waals surface area contributed by atoms with Crippen molar-refractivity contribution >= 4 is 17.5 Å². The van der Waals surface area contributed by atoms with Gasteiger partial charge in [-0.3, -0.25) is 4.79 Å². The molecule has 1 fully saturated rings. The van der Waals surface area contributed by atoms with Crippen LogP contribution < -0.4 is 5.32 Å². The van der Waals surface area contributed by atoms with E-state index in [2.05, 4.69) is 5.32 Å². The second kappa shape index (κ2) is 4.94. The molecule has 5 heteroatoms. The number of benzene rings is 1. The summed E-state index contributed by atoms with van der Waals surface area (Å²) in [5.74, 6) is -0.0690. The van der Waals surface area contributed by atoms with Gasteiger partial charge in [0.15, 0.2) is 0 Å². The molecular weight excluding hydrogens is 240 g/mol. The number of amides is 1. The van der Waals surface area contributed by atoms with Gasteiger partial charge in [-0.05, 0) is 25.1 Å². The van der Waals surface area contributed by atoms with Gasteiger partial charge in [0, 0.05) is 19.6 Å². The number of rotatable bonds is 3. The number of carbonyl (C=O) groups excluding carboxylic acids is 1. The topological polar surface area (TPSA) is 52.6 Å². The molecule has 0 atom stereocenters. The lowest BCUT2D eigenvalue weighted by atomic mass is 10.1. The molecule has 17 heavy (non-hydrogen) atoms. The molecule has 1 aromatic carbocycles. The lowest BCUT2D eigenvalue weighted by molar-refractivity contribution is 0.0630. The minimum atomic E-state index is -0.125. The number of likely N-dealkylation sites (N-methyl/N-ethyl adjacent to an activating group) is 1. The molecule has 0 aliphatic carbocycles. The Bertz CT molecular complexity index is 433. The summed E-state index contributed by atoms with van der Waals surface area (Å²) >= 11 is 5.98. The van der Waals surface area contributed by atoms with Crippen LogP contribution in [0.3, 0.4) is 0 Å². The molecule has 0 aromatic heterocycles. The summed E-state index contributed by atoms with van der Waals surface area (Å²) in [5.41, 5.74) is 0.361. The lowest BCUT2D eigenvalue weighted by Gasteiger charge is -2.37. The van der Waals surface area contributed by atoms with Crippen LogP contribution in [0.2, 0.25) is 5.02 Å². The van der Waals surface area contributed by atoms with E-state index in [4.69, 9.17) is 11.6 Å². The van der Waals surface area contributed by atoms with Gasteiger partial charge in [0.2, 0.25) is 0 Å². The fraction of sp³-hybridized carbons (Fsp3) is 0.417. The molecule has 1 heterocycles.